The van der Waals surface area contributed by atoms with E-state index in [-0.39, 0.29) is 15.8 Å². The Bertz CT molecular complexity index is 903. The van der Waals surface area contributed by atoms with Crippen molar-refractivity contribution < 1.29 is 13.3 Å². The number of hydrogen-bond acceptors (Lipinski definition) is 3. The van der Waals surface area contributed by atoms with Gasteiger partial charge in [0, 0.05) is 25.9 Å². The normalized spacial score (nSPS) is 12.7. The Kier molecular flexibility index (Phi) is 13.3. The molecule has 0 amide bonds. The molecule has 1 atom stereocenters. The minimum atomic E-state index is -2.59. The summed E-state index contributed by atoms with van der Waals surface area (Å²) in [5.41, 5.74) is 0. The monoisotopic (exact) mass is 540 g/mol. The Balaban J connectivity index is 1.67. The van der Waals surface area contributed by atoms with E-state index < -0.39 is 8.80 Å². The second kappa shape index (κ2) is 16.5. The Morgan fingerprint density at radius 1 is 0.528 bits per heavy atom. The molecule has 194 valence electrons. The van der Waals surface area contributed by atoms with Crippen molar-refractivity contribution in [2.45, 2.75) is 39.7 Å². The SMILES string of the molecule is CCO[Si](CCCP(CCCP(c1ccccc1)c1ccccc1)c1ccccc1)(OCC)OCC. The molecule has 0 heterocycles. The summed E-state index contributed by atoms with van der Waals surface area (Å²) in [6, 6.07) is 34.2. The third-order valence-electron chi connectivity index (χ3n) is 6.07. The van der Waals surface area contributed by atoms with Gasteiger partial charge in [0.25, 0.3) is 0 Å². The van der Waals surface area contributed by atoms with Gasteiger partial charge in [-0.05, 0) is 75.9 Å². The molecule has 0 bridgehead atoms. The van der Waals surface area contributed by atoms with E-state index in [1.165, 1.54) is 40.8 Å². The quantitative estimate of drug-likeness (QED) is 0.140. The summed E-state index contributed by atoms with van der Waals surface area (Å²) in [5, 5.41) is 4.46. The van der Waals surface area contributed by atoms with Crippen LogP contribution in [0.5, 0.6) is 0 Å². The van der Waals surface area contributed by atoms with E-state index in [0.717, 1.165) is 12.5 Å². The summed E-state index contributed by atoms with van der Waals surface area (Å²) < 4.78 is 18.3. The molecule has 0 aliphatic heterocycles. The first-order valence-electron chi connectivity index (χ1n) is 13.3. The fourth-order valence-electron chi connectivity index (χ4n) is 4.54. The number of benzene rings is 3. The molecule has 1 unspecified atom stereocenters. The molecule has 0 N–H and O–H groups in total. The molecular weight excluding hydrogens is 498 g/mol. The average molecular weight is 541 g/mol. The summed E-state index contributed by atoms with van der Waals surface area (Å²) in [6.45, 7) is 8.03. The predicted molar refractivity (Wildman–Crippen MR) is 161 cm³/mol. The largest absolute Gasteiger partial charge is 0.500 e. The van der Waals surface area contributed by atoms with Crippen molar-refractivity contribution >= 4 is 40.6 Å². The number of rotatable bonds is 17. The zero-order valence-corrected chi connectivity index (χ0v) is 24.9. The molecule has 0 aliphatic rings. The van der Waals surface area contributed by atoms with Crippen LogP contribution in [0.2, 0.25) is 6.04 Å². The van der Waals surface area contributed by atoms with Gasteiger partial charge in [-0.2, -0.15) is 0 Å². The van der Waals surface area contributed by atoms with Gasteiger partial charge in [-0.1, -0.05) is 98.9 Å². The van der Waals surface area contributed by atoms with Gasteiger partial charge in [-0.3, -0.25) is 0 Å². The van der Waals surface area contributed by atoms with Crippen molar-refractivity contribution in [1.82, 2.24) is 0 Å². The molecule has 0 aliphatic carbocycles. The maximum absolute atomic E-state index is 6.11. The molecule has 3 aromatic carbocycles. The zero-order valence-electron chi connectivity index (χ0n) is 22.1. The van der Waals surface area contributed by atoms with Gasteiger partial charge in [0.15, 0.2) is 0 Å². The zero-order chi connectivity index (χ0) is 25.5. The van der Waals surface area contributed by atoms with Gasteiger partial charge in [0.2, 0.25) is 0 Å². The lowest BCUT2D eigenvalue weighted by molar-refractivity contribution is 0.0712. The summed E-state index contributed by atoms with van der Waals surface area (Å²) in [5.74, 6) is 0. The molecule has 0 aromatic heterocycles. The van der Waals surface area contributed by atoms with Gasteiger partial charge in [0.05, 0.1) is 0 Å². The molecule has 3 rings (SSSR count). The van der Waals surface area contributed by atoms with E-state index in [1.54, 1.807) is 0 Å². The van der Waals surface area contributed by atoms with Gasteiger partial charge in [-0.25, -0.2) is 0 Å². The summed E-state index contributed by atoms with van der Waals surface area (Å²) in [7, 11) is -3.17. The fraction of sp³-hybridized carbons (Fsp3) is 0.400. The molecule has 6 heteroatoms. The molecular formula is C30H42O3P2Si. The van der Waals surface area contributed by atoms with E-state index in [9.17, 15) is 0 Å². The van der Waals surface area contributed by atoms with Crippen molar-refractivity contribution in [3.63, 3.8) is 0 Å². The predicted octanol–water partition coefficient (Wildman–Crippen LogP) is 6.76. The van der Waals surface area contributed by atoms with Crippen LogP contribution in [0.15, 0.2) is 91.0 Å². The van der Waals surface area contributed by atoms with Crippen LogP contribution in [-0.4, -0.2) is 47.1 Å². The molecule has 0 saturated carbocycles. The molecule has 36 heavy (non-hydrogen) atoms. The highest BCUT2D eigenvalue weighted by Crippen LogP contribution is 2.41. The molecule has 0 radical (unpaired) electrons. The first-order chi connectivity index (χ1) is 17.7. The summed E-state index contributed by atoms with van der Waals surface area (Å²) in [6.07, 6.45) is 5.99. The van der Waals surface area contributed by atoms with E-state index in [0.29, 0.717) is 19.8 Å². The topological polar surface area (TPSA) is 27.7 Å². The molecule has 3 aromatic rings. The lowest BCUT2D eigenvalue weighted by Gasteiger charge is -2.29. The van der Waals surface area contributed by atoms with E-state index in [2.05, 4.69) is 91.0 Å². The standard InChI is InChI=1S/C30H42O3P2Si/c1-4-31-36(32-5-2,33-6-3)27-17-25-34(28-18-10-7-11-19-28)24-16-26-35(29-20-12-8-13-21-29)30-22-14-9-15-23-30/h7-15,18-23H,4-6,16-17,24-27H2,1-3H3. The Morgan fingerprint density at radius 3 is 1.39 bits per heavy atom. The van der Waals surface area contributed by atoms with Crippen LogP contribution in [0, 0.1) is 0 Å². The summed E-state index contributed by atoms with van der Waals surface area (Å²) >= 11 is 0. The number of hydrogen-bond donors (Lipinski definition) is 0. The maximum atomic E-state index is 6.11. The van der Waals surface area contributed by atoms with Gasteiger partial charge in [-0.15, -0.1) is 0 Å². The van der Waals surface area contributed by atoms with Crippen LogP contribution in [0.25, 0.3) is 0 Å². The van der Waals surface area contributed by atoms with Gasteiger partial charge >= 0.3 is 8.80 Å². The van der Waals surface area contributed by atoms with Crippen LogP contribution in [0.1, 0.15) is 33.6 Å². The highest BCUT2D eigenvalue weighted by molar-refractivity contribution is 7.73. The Labute approximate surface area is 222 Å². The van der Waals surface area contributed by atoms with Crippen LogP contribution in [0.4, 0.5) is 0 Å². The lowest BCUT2D eigenvalue weighted by Crippen LogP contribution is -2.46. The van der Waals surface area contributed by atoms with Crippen molar-refractivity contribution in [2.24, 2.45) is 0 Å². The minimum Gasteiger partial charge on any atom is -0.374 e. The molecule has 0 spiro atoms. The van der Waals surface area contributed by atoms with Crippen LogP contribution in [-0.2, 0) is 13.3 Å². The average Bonchev–Trinajstić information content (AvgIpc) is 2.92. The second-order valence-electron chi connectivity index (χ2n) is 8.58. The molecule has 0 saturated heterocycles. The van der Waals surface area contributed by atoms with Crippen LogP contribution in [0.3, 0.4) is 0 Å². The van der Waals surface area contributed by atoms with E-state index in [1.807, 2.05) is 20.8 Å². The lowest BCUT2D eigenvalue weighted by atomic mass is 10.4. The Morgan fingerprint density at radius 2 is 0.944 bits per heavy atom. The highest BCUT2D eigenvalue weighted by Gasteiger charge is 2.39. The van der Waals surface area contributed by atoms with Crippen molar-refractivity contribution in [3.05, 3.63) is 91.0 Å². The molecule has 3 nitrogen and oxygen atoms in total. The molecule has 0 fully saturated rings. The Hall–Kier alpha value is -1.38. The van der Waals surface area contributed by atoms with Crippen LogP contribution >= 0.6 is 15.8 Å². The first-order valence-corrected chi connectivity index (χ1v) is 18.5. The smallest absolute Gasteiger partial charge is 0.374 e. The van der Waals surface area contributed by atoms with Gasteiger partial charge in [0.1, 0.15) is 0 Å². The first kappa shape index (κ1) is 29.2. The maximum Gasteiger partial charge on any atom is 0.500 e. The van der Waals surface area contributed by atoms with Crippen molar-refractivity contribution in [2.75, 3.05) is 38.3 Å². The third-order valence-corrected chi connectivity index (χ3v) is 14.6. The minimum absolute atomic E-state index is 0.239. The third kappa shape index (κ3) is 9.17. The fourth-order valence-corrected chi connectivity index (χ4v) is 12.5. The van der Waals surface area contributed by atoms with Gasteiger partial charge < -0.3 is 13.3 Å². The van der Waals surface area contributed by atoms with Crippen molar-refractivity contribution in [3.8, 4) is 0 Å². The summed E-state index contributed by atoms with van der Waals surface area (Å²) in [4.78, 5) is 0. The van der Waals surface area contributed by atoms with Crippen molar-refractivity contribution in [1.29, 1.82) is 0 Å². The van der Waals surface area contributed by atoms with E-state index >= 15 is 0 Å². The highest BCUT2D eigenvalue weighted by atomic mass is 31.1. The van der Waals surface area contributed by atoms with Crippen LogP contribution < -0.4 is 15.9 Å². The second-order valence-corrected chi connectivity index (χ2v) is 16.1. The van der Waals surface area contributed by atoms with E-state index in [4.69, 9.17) is 13.3 Å².